The van der Waals surface area contributed by atoms with Gasteiger partial charge in [0.1, 0.15) is 11.7 Å². The molecule has 106 valence electrons. The average molecular weight is 272 g/mol. The summed E-state index contributed by atoms with van der Waals surface area (Å²) >= 11 is 0. The van der Waals surface area contributed by atoms with Gasteiger partial charge in [-0.15, -0.1) is 0 Å². The molecule has 3 N–H and O–H groups in total. The normalized spacial score (nSPS) is 14.1. The maximum atomic E-state index is 11.1. The lowest BCUT2D eigenvalue weighted by Crippen LogP contribution is -2.52. The number of hydrogen-bond acceptors (Lipinski definition) is 3. The Morgan fingerprint density at radius 1 is 0.750 bits per heavy atom. The number of rotatable bonds is 4. The monoisotopic (exact) mass is 272 g/mol. The Balaban J connectivity index is 2.61. The maximum Gasteiger partial charge on any atom is 0.143 e. The fourth-order valence-corrected chi connectivity index (χ4v) is 2.38. The second kappa shape index (κ2) is 5.37. The van der Waals surface area contributed by atoms with Crippen molar-refractivity contribution in [2.24, 2.45) is 0 Å². The second-order valence-electron chi connectivity index (χ2n) is 5.55. The summed E-state index contributed by atoms with van der Waals surface area (Å²) in [5.41, 5.74) is -2.03. The van der Waals surface area contributed by atoms with Gasteiger partial charge >= 0.3 is 0 Å². The van der Waals surface area contributed by atoms with E-state index in [2.05, 4.69) is 0 Å². The highest BCUT2D eigenvalue weighted by Crippen LogP contribution is 2.37. The van der Waals surface area contributed by atoms with E-state index in [4.69, 9.17) is 0 Å². The van der Waals surface area contributed by atoms with Gasteiger partial charge in [0.05, 0.1) is 5.60 Å². The predicted octanol–water partition coefficient (Wildman–Crippen LogP) is 2.05. The predicted molar refractivity (Wildman–Crippen MR) is 78.2 cm³/mol. The summed E-state index contributed by atoms with van der Waals surface area (Å²) in [5, 5.41) is 31.8. The highest BCUT2D eigenvalue weighted by Gasteiger charge is 2.46. The molecule has 1 atom stereocenters. The smallest absolute Gasteiger partial charge is 0.143 e. The first-order valence-corrected chi connectivity index (χ1v) is 6.60. The van der Waals surface area contributed by atoms with E-state index in [-0.39, 0.29) is 0 Å². The Bertz CT molecular complexity index is 504. The van der Waals surface area contributed by atoms with E-state index in [1.807, 2.05) is 12.1 Å². The van der Waals surface area contributed by atoms with E-state index in [1.54, 1.807) is 48.5 Å². The van der Waals surface area contributed by atoms with Crippen molar-refractivity contribution in [3.05, 3.63) is 71.8 Å². The molecule has 0 unspecified atom stereocenters. The van der Waals surface area contributed by atoms with Crippen LogP contribution in [-0.2, 0) is 5.60 Å². The van der Waals surface area contributed by atoms with Crippen LogP contribution in [0.1, 0.15) is 25.0 Å². The molecule has 0 spiro atoms. The molecule has 0 fully saturated rings. The molecule has 0 heterocycles. The highest BCUT2D eigenvalue weighted by molar-refractivity contribution is 5.38. The van der Waals surface area contributed by atoms with Crippen molar-refractivity contribution in [2.75, 3.05) is 0 Å². The maximum absolute atomic E-state index is 11.1. The first-order valence-electron chi connectivity index (χ1n) is 6.60. The van der Waals surface area contributed by atoms with Crippen LogP contribution < -0.4 is 0 Å². The van der Waals surface area contributed by atoms with Gasteiger partial charge in [-0.25, -0.2) is 0 Å². The molecule has 2 rings (SSSR count). The van der Waals surface area contributed by atoms with Crippen LogP contribution in [0, 0.1) is 0 Å². The third kappa shape index (κ3) is 2.61. The summed E-state index contributed by atoms with van der Waals surface area (Å²) in [6.45, 7) is 2.96. The molecular weight excluding hydrogens is 252 g/mol. The zero-order valence-electron chi connectivity index (χ0n) is 11.7. The lowest BCUT2D eigenvalue weighted by molar-refractivity contribution is -0.145. The fraction of sp³-hybridized carbons (Fsp3) is 0.294. The molecule has 0 aromatic heterocycles. The van der Waals surface area contributed by atoms with Gasteiger partial charge in [0.2, 0.25) is 0 Å². The summed E-state index contributed by atoms with van der Waals surface area (Å²) in [7, 11) is 0. The summed E-state index contributed by atoms with van der Waals surface area (Å²) in [6.07, 6.45) is -1.36. The van der Waals surface area contributed by atoms with Crippen LogP contribution in [0.15, 0.2) is 60.7 Å². The van der Waals surface area contributed by atoms with Gasteiger partial charge in [0.25, 0.3) is 0 Å². The zero-order valence-corrected chi connectivity index (χ0v) is 11.7. The summed E-state index contributed by atoms with van der Waals surface area (Å²) in [6, 6.07) is 17.8. The summed E-state index contributed by atoms with van der Waals surface area (Å²) in [4.78, 5) is 0. The van der Waals surface area contributed by atoms with Gasteiger partial charge in [-0.1, -0.05) is 60.7 Å². The first kappa shape index (κ1) is 14.7. The molecule has 0 amide bonds. The molecule has 0 saturated carbocycles. The number of aliphatic hydroxyl groups is 3. The SMILES string of the molecule is CC(C)(O)[C@@H](O)C(O)(c1ccccc1)c1ccccc1. The van der Waals surface area contributed by atoms with E-state index in [1.165, 1.54) is 13.8 Å². The molecule has 0 aliphatic carbocycles. The molecule has 2 aromatic rings. The van der Waals surface area contributed by atoms with Gasteiger partial charge in [-0.2, -0.15) is 0 Å². The number of hydrogen-bond donors (Lipinski definition) is 3. The molecule has 3 heteroatoms. The van der Waals surface area contributed by atoms with Crippen molar-refractivity contribution in [1.82, 2.24) is 0 Å². The Morgan fingerprint density at radius 2 is 1.10 bits per heavy atom. The Labute approximate surface area is 119 Å². The third-order valence-corrected chi connectivity index (χ3v) is 3.49. The fourth-order valence-electron chi connectivity index (χ4n) is 2.38. The molecule has 20 heavy (non-hydrogen) atoms. The molecule has 0 bridgehead atoms. The molecule has 3 nitrogen and oxygen atoms in total. The topological polar surface area (TPSA) is 60.7 Å². The minimum absolute atomic E-state index is 0.542. The lowest BCUT2D eigenvalue weighted by Gasteiger charge is -2.40. The Hall–Kier alpha value is -1.68. The quantitative estimate of drug-likeness (QED) is 0.798. The lowest BCUT2D eigenvalue weighted by atomic mass is 9.76. The average Bonchev–Trinajstić information content (AvgIpc) is 2.46. The van der Waals surface area contributed by atoms with Crippen LogP contribution >= 0.6 is 0 Å². The van der Waals surface area contributed by atoms with Gasteiger partial charge in [0, 0.05) is 0 Å². The molecule has 0 saturated heterocycles. The second-order valence-corrected chi connectivity index (χ2v) is 5.55. The van der Waals surface area contributed by atoms with Crippen LogP contribution in [0.4, 0.5) is 0 Å². The van der Waals surface area contributed by atoms with E-state index in [0.717, 1.165) is 0 Å². The van der Waals surface area contributed by atoms with Crippen LogP contribution in [0.25, 0.3) is 0 Å². The first-order chi connectivity index (χ1) is 9.37. The van der Waals surface area contributed by atoms with Crippen LogP contribution in [0.3, 0.4) is 0 Å². The van der Waals surface area contributed by atoms with Crippen molar-refractivity contribution in [3.63, 3.8) is 0 Å². The molecule has 0 aliphatic rings. The third-order valence-electron chi connectivity index (χ3n) is 3.49. The van der Waals surface area contributed by atoms with E-state index in [0.29, 0.717) is 11.1 Å². The van der Waals surface area contributed by atoms with Crippen molar-refractivity contribution in [2.45, 2.75) is 31.2 Å². The Kier molecular flexibility index (Phi) is 3.95. The zero-order chi connectivity index (χ0) is 14.8. The van der Waals surface area contributed by atoms with Crippen LogP contribution in [0.5, 0.6) is 0 Å². The van der Waals surface area contributed by atoms with Gasteiger partial charge in [0.15, 0.2) is 0 Å². The molecular formula is C17H20O3. The van der Waals surface area contributed by atoms with E-state index in [9.17, 15) is 15.3 Å². The van der Waals surface area contributed by atoms with Gasteiger partial charge in [-0.3, -0.25) is 0 Å². The Morgan fingerprint density at radius 3 is 1.40 bits per heavy atom. The number of aliphatic hydroxyl groups excluding tert-OH is 1. The van der Waals surface area contributed by atoms with Crippen molar-refractivity contribution in [3.8, 4) is 0 Å². The largest absolute Gasteiger partial charge is 0.388 e. The molecule has 0 radical (unpaired) electrons. The molecule has 0 aliphatic heterocycles. The van der Waals surface area contributed by atoms with E-state index < -0.39 is 17.3 Å². The van der Waals surface area contributed by atoms with Crippen LogP contribution in [0.2, 0.25) is 0 Å². The van der Waals surface area contributed by atoms with Gasteiger partial charge < -0.3 is 15.3 Å². The minimum Gasteiger partial charge on any atom is -0.388 e. The van der Waals surface area contributed by atoms with Crippen molar-refractivity contribution in [1.29, 1.82) is 0 Å². The molecule has 2 aromatic carbocycles. The van der Waals surface area contributed by atoms with Crippen molar-refractivity contribution >= 4 is 0 Å². The summed E-state index contributed by atoms with van der Waals surface area (Å²) < 4.78 is 0. The minimum atomic E-state index is -1.67. The van der Waals surface area contributed by atoms with E-state index >= 15 is 0 Å². The number of benzene rings is 2. The van der Waals surface area contributed by atoms with Gasteiger partial charge in [-0.05, 0) is 25.0 Å². The standard InChI is InChI=1S/C17H20O3/c1-16(2,19)15(18)17(20,13-9-5-3-6-10-13)14-11-7-4-8-12-14/h3-12,15,18-20H,1-2H3/t15-/m1/s1. The highest BCUT2D eigenvalue weighted by atomic mass is 16.4. The van der Waals surface area contributed by atoms with Crippen LogP contribution in [-0.4, -0.2) is 27.0 Å². The van der Waals surface area contributed by atoms with Crippen molar-refractivity contribution < 1.29 is 15.3 Å². The summed E-state index contributed by atoms with van der Waals surface area (Å²) in [5.74, 6) is 0.